The summed E-state index contributed by atoms with van der Waals surface area (Å²) in [5.74, 6) is 0. The van der Waals surface area contributed by atoms with Crippen molar-refractivity contribution >= 4 is 220 Å². The molecule has 0 saturated heterocycles. The van der Waals surface area contributed by atoms with Crippen molar-refractivity contribution < 1.29 is 22.1 Å². The summed E-state index contributed by atoms with van der Waals surface area (Å²) in [4.78, 5) is 9.82. The fraction of sp³-hybridized carbons (Fsp3) is 0.0224. The van der Waals surface area contributed by atoms with Gasteiger partial charge in [-0.1, -0.05) is 269 Å². The average Bonchev–Trinajstić information content (AvgIpc) is 1.51. The summed E-state index contributed by atoms with van der Waals surface area (Å²) in [6, 6.07) is 159. The van der Waals surface area contributed by atoms with Crippen LogP contribution in [-0.2, 0) is 5.41 Å². The molecule has 34 rings (SSSR count). The summed E-state index contributed by atoms with van der Waals surface area (Å²) in [6.07, 6.45) is 0. The van der Waals surface area contributed by atoms with Crippen LogP contribution in [0.3, 0.4) is 0 Å². The number of anilines is 6. The molecule has 0 radical (unpaired) electrons. The first kappa shape index (κ1) is 79.0. The second kappa shape index (κ2) is 29.5. The second-order valence-corrected chi connectivity index (χ2v) is 39.3. The standard InChI is InChI=1S/C55H36N2O.C46H26N2O2.C33H17NO2/c1-55(2)44-21-10-19-42-43-20-11-22-46-52(43)54-47(29-25-34-24-28-45(55)53(50(34)54)51(42)44)57(46)38-17-9-16-37(31-38)56(36-15-8-14-35(30-36)33-12-4-3-5-13-33)39-26-27-41-40-18-6-7-23-48(40)58-49(41)32-39;1-2-9-28(10-3-1)47(31-21-22-33-32-13-4-5-17-38(32)49-41(33)26-31)29-11-6-12-30(25-29)48-36-16-7-14-34-35-15-8-18-39-44(35)46-40(50-39)24-20-27-19-23-37(48)45(42(27)46)43(34)36;1-2-6-18(7-3-1)22-9-5-10-23(34-22)20-14-17-27-33-29(20)21-8-4-11-24-30(21)31-25(35-24)15-12-19-13-16-26(36-27)32(33)28(19)31/h3-32H,1-2H3;1-26H;1-17H. The van der Waals surface area contributed by atoms with Crippen molar-refractivity contribution in [3.63, 3.8) is 0 Å². The molecule has 0 amide bonds. The monoisotopic (exact) mass is 1840 g/mol. The molecule has 22 aromatic carbocycles. The summed E-state index contributed by atoms with van der Waals surface area (Å²) in [6.45, 7) is 4.78. The van der Waals surface area contributed by atoms with Crippen LogP contribution in [-0.4, -0.2) is 14.1 Å². The number of hydrogen-bond acceptors (Lipinski definition) is 8. The van der Waals surface area contributed by atoms with E-state index in [1.807, 2.05) is 30.3 Å². The molecule has 0 unspecified atom stereocenters. The van der Waals surface area contributed by atoms with Crippen LogP contribution >= 0.6 is 0 Å². The number of benzene rings is 22. The maximum absolute atomic E-state index is 6.47. The summed E-state index contributed by atoms with van der Waals surface area (Å²) in [7, 11) is 0. The first-order valence-electron chi connectivity index (χ1n) is 49.3. The minimum atomic E-state index is -0.0774. The highest BCUT2D eigenvalue weighted by Crippen LogP contribution is 2.61. The zero-order valence-electron chi connectivity index (χ0n) is 77.9. The first-order valence-corrected chi connectivity index (χ1v) is 49.3. The van der Waals surface area contributed by atoms with Crippen molar-refractivity contribution in [3.05, 3.63) is 454 Å². The molecule has 8 heterocycles. The van der Waals surface area contributed by atoms with Gasteiger partial charge in [0.2, 0.25) is 0 Å². The lowest BCUT2D eigenvalue weighted by Gasteiger charge is -2.26. The highest BCUT2D eigenvalue weighted by Gasteiger charge is 2.41. The molecular formula is C134H79N5O5. The number of furan rings is 5. The lowest BCUT2D eigenvalue weighted by Crippen LogP contribution is -2.14. The summed E-state index contributed by atoms with van der Waals surface area (Å²) < 4.78 is 37.0. The van der Waals surface area contributed by atoms with Crippen LogP contribution in [0.4, 0.5) is 34.1 Å². The molecule has 670 valence electrons. The molecule has 144 heavy (non-hydrogen) atoms. The third kappa shape index (κ3) is 11.1. The quantitative estimate of drug-likeness (QED) is 0.126. The van der Waals surface area contributed by atoms with Gasteiger partial charge >= 0.3 is 0 Å². The van der Waals surface area contributed by atoms with Gasteiger partial charge in [0, 0.05) is 166 Å². The van der Waals surface area contributed by atoms with E-state index < -0.39 is 0 Å². The Kier molecular flexibility index (Phi) is 16.2. The molecule has 0 atom stereocenters. The fourth-order valence-corrected chi connectivity index (χ4v) is 25.3. The van der Waals surface area contributed by atoms with E-state index >= 15 is 0 Å². The summed E-state index contributed by atoms with van der Waals surface area (Å²) >= 11 is 0. The molecule has 10 nitrogen and oxygen atoms in total. The van der Waals surface area contributed by atoms with Gasteiger partial charge in [-0.2, -0.15) is 0 Å². The Bertz CT molecular complexity index is 10900. The molecule has 4 aliphatic rings. The Morgan fingerprint density at radius 3 is 1.22 bits per heavy atom. The first-order chi connectivity index (χ1) is 71.2. The largest absolute Gasteiger partial charge is 0.456 e. The van der Waals surface area contributed by atoms with E-state index in [9.17, 15) is 0 Å². The Morgan fingerprint density at radius 1 is 0.201 bits per heavy atom. The lowest BCUT2D eigenvalue weighted by molar-refractivity contribution is 0.661. The van der Waals surface area contributed by atoms with Gasteiger partial charge in [0.25, 0.3) is 0 Å². The van der Waals surface area contributed by atoms with E-state index in [2.05, 4.69) is 445 Å². The van der Waals surface area contributed by atoms with Crippen molar-refractivity contribution in [2.24, 2.45) is 0 Å². The maximum Gasteiger partial charge on any atom is 0.137 e. The molecule has 0 bridgehead atoms. The van der Waals surface area contributed by atoms with Crippen LogP contribution in [0.1, 0.15) is 25.0 Å². The molecule has 30 aromatic rings. The van der Waals surface area contributed by atoms with Crippen molar-refractivity contribution in [1.29, 1.82) is 0 Å². The zero-order chi connectivity index (χ0) is 94.2. The number of pyridine rings is 1. The van der Waals surface area contributed by atoms with Crippen LogP contribution in [0, 0.1) is 0 Å². The molecule has 4 aliphatic carbocycles. The molecular weight excluding hydrogens is 1760 g/mol. The van der Waals surface area contributed by atoms with Crippen LogP contribution in [0.5, 0.6) is 0 Å². The normalized spacial score (nSPS) is 12.8. The van der Waals surface area contributed by atoms with Crippen LogP contribution in [0.2, 0.25) is 0 Å². The van der Waals surface area contributed by atoms with E-state index in [1.54, 1.807) is 0 Å². The average molecular weight is 1840 g/mol. The predicted octanol–water partition coefficient (Wildman–Crippen LogP) is 37.8. The van der Waals surface area contributed by atoms with E-state index in [0.717, 1.165) is 173 Å². The molecule has 10 heteroatoms. The molecule has 0 aliphatic heterocycles. The van der Waals surface area contributed by atoms with Gasteiger partial charge in [-0.05, 0) is 259 Å². The van der Waals surface area contributed by atoms with Crippen LogP contribution in [0.15, 0.2) is 465 Å². The summed E-state index contributed by atoms with van der Waals surface area (Å²) in [5.41, 5.74) is 41.8. The SMILES string of the molecule is CC1(C)c2cccc3c2-c2c1ccc1ccc4c(c21)c1c-3cccc1n4-c1cccc(N(c2cccc(-c3ccccc3)c2)c2ccc3c(c2)oc2ccccc23)c1.c1ccc(-c2cccc(-c3ccc4oc5ccc6ccc7oc8cccc9c8c7c6c5c4c3-9)n2)cc1.c1ccc(N(c2cccc(-n3c4cccc5c4c4c6c(ccc7oc8cccc-5c8c76)ccc43)c2)c2ccc3c(c2)oc2ccccc23)cc1. The number of fused-ring (bicyclic) bond motifs is 9. The molecule has 0 N–H and O–H groups in total. The Hall–Kier alpha value is -19.0. The van der Waals surface area contributed by atoms with Gasteiger partial charge in [-0.15, -0.1) is 0 Å². The van der Waals surface area contributed by atoms with Gasteiger partial charge < -0.3 is 41.0 Å². The van der Waals surface area contributed by atoms with E-state index in [1.165, 1.54) is 148 Å². The fourth-order valence-electron chi connectivity index (χ4n) is 25.3. The Balaban J connectivity index is 0.0000000992. The van der Waals surface area contributed by atoms with Gasteiger partial charge in [0.05, 0.1) is 33.5 Å². The molecule has 8 aromatic heterocycles. The number of hydrogen-bond donors (Lipinski definition) is 0. The van der Waals surface area contributed by atoms with Crippen molar-refractivity contribution in [2.75, 3.05) is 9.80 Å². The highest BCUT2D eigenvalue weighted by molar-refractivity contribution is 6.40. The maximum atomic E-state index is 6.47. The van der Waals surface area contributed by atoms with Gasteiger partial charge in [0.15, 0.2) is 0 Å². The van der Waals surface area contributed by atoms with E-state index in [-0.39, 0.29) is 5.41 Å². The van der Waals surface area contributed by atoms with Gasteiger partial charge in [0.1, 0.15) is 55.8 Å². The van der Waals surface area contributed by atoms with Crippen LogP contribution in [0.25, 0.3) is 275 Å². The highest BCUT2D eigenvalue weighted by atomic mass is 16.3. The number of para-hydroxylation sites is 3. The van der Waals surface area contributed by atoms with Crippen molar-refractivity contribution in [1.82, 2.24) is 14.1 Å². The van der Waals surface area contributed by atoms with Gasteiger partial charge in [-0.3, -0.25) is 0 Å². The predicted molar refractivity (Wildman–Crippen MR) is 595 cm³/mol. The number of nitrogens with zero attached hydrogens (tertiary/aromatic N) is 5. The van der Waals surface area contributed by atoms with Crippen LogP contribution < -0.4 is 9.80 Å². The third-order valence-corrected chi connectivity index (χ3v) is 31.3. The van der Waals surface area contributed by atoms with Gasteiger partial charge in [-0.25, -0.2) is 4.98 Å². The second-order valence-electron chi connectivity index (χ2n) is 39.3. The topological polar surface area (TPSA) is 94.9 Å². The lowest BCUT2D eigenvalue weighted by atomic mass is 9.81. The Morgan fingerprint density at radius 2 is 0.590 bits per heavy atom. The third-order valence-electron chi connectivity index (χ3n) is 31.3. The number of aromatic nitrogens is 3. The molecule has 0 saturated carbocycles. The van der Waals surface area contributed by atoms with E-state index in [0.29, 0.717) is 0 Å². The minimum absolute atomic E-state index is 0.0774. The van der Waals surface area contributed by atoms with Crippen molar-refractivity contribution in [2.45, 2.75) is 19.3 Å². The Labute approximate surface area is 822 Å². The minimum Gasteiger partial charge on any atom is -0.456 e. The smallest absolute Gasteiger partial charge is 0.137 e. The number of rotatable bonds is 11. The molecule has 0 spiro atoms. The summed E-state index contributed by atoms with van der Waals surface area (Å²) in [5, 5.41) is 24.3. The van der Waals surface area contributed by atoms with Crippen molar-refractivity contribution in [3.8, 4) is 89.5 Å². The van der Waals surface area contributed by atoms with E-state index in [4.69, 9.17) is 27.1 Å². The molecule has 0 fully saturated rings. The zero-order valence-corrected chi connectivity index (χ0v) is 77.9.